The zero-order valence-electron chi connectivity index (χ0n) is 11.1. The molecule has 96 valence electrons. The van der Waals surface area contributed by atoms with Crippen LogP contribution in [0.1, 0.15) is 27.7 Å². The Morgan fingerprint density at radius 3 is 2.59 bits per heavy atom. The van der Waals surface area contributed by atoms with Gasteiger partial charge in [-0.2, -0.15) is 0 Å². The lowest BCUT2D eigenvalue weighted by molar-refractivity contribution is 0.176. The van der Waals surface area contributed by atoms with Crippen LogP contribution < -0.4 is 10.1 Å². The fraction of sp³-hybridized carbons (Fsp3) is 0.571. The smallest absolute Gasteiger partial charge is 0.120 e. The molecule has 2 nitrogen and oxygen atoms in total. The Hall–Kier alpha value is -0.730. The van der Waals surface area contributed by atoms with Crippen LogP contribution in [0.15, 0.2) is 24.3 Å². The highest BCUT2D eigenvalue weighted by atomic mass is 35.5. The zero-order valence-corrected chi connectivity index (χ0v) is 11.8. The van der Waals surface area contributed by atoms with Gasteiger partial charge < -0.3 is 10.1 Å². The van der Waals surface area contributed by atoms with Crippen molar-refractivity contribution in [3.8, 4) is 5.75 Å². The summed E-state index contributed by atoms with van der Waals surface area (Å²) in [5, 5.41) is 4.16. The molecule has 17 heavy (non-hydrogen) atoms. The Bertz CT molecular complexity index is 346. The van der Waals surface area contributed by atoms with E-state index < -0.39 is 0 Å². The van der Waals surface area contributed by atoms with Crippen molar-refractivity contribution in [1.29, 1.82) is 0 Å². The van der Waals surface area contributed by atoms with Crippen LogP contribution in [0.2, 0.25) is 5.02 Å². The molecule has 3 heteroatoms. The van der Waals surface area contributed by atoms with Crippen molar-refractivity contribution < 1.29 is 4.74 Å². The molecule has 0 aliphatic carbocycles. The van der Waals surface area contributed by atoms with Crippen molar-refractivity contribution >= 4 is 11.6 Å². The van der Waals surface area contributed by atoms with Gasteiger partial charge in [0.1, 0.15) is 12.4 Å². The lowest BCUT2D eigenvalue weighted by atomic mass is 9.87. The molecule has 0 aliphatic rings. The third kappa shape index (κ3) is 4.97. The van der Waals surface area contributed by atoms with Crippen molar-refractivity contribution in [2.45, 2.75) is 33.7 Å². The van der Waals surface area contributed by atoms with Gasteiger partial charge in [-0.25, -0.2) is 0 Å². The van der Waals surface area contributed by atoms with Crippen LogP contribution >= 0.6 is 11.6 Å². The summed E-state index contributed by atoms with van der Waals surface area (Å²) in [6.07, 6.45) is 0. The monoisotopic (exact) mass is 255 g/mol. The fourth-order valence-corrected chi connectivity index (χ4v) is 1.78. The first kappa shape index (κ1) is 14.3. The number of hydrogen-bond acceptors (Lipinski definition) is 2. The molecule has 1 N–H and O–H groups in total. The van der Waals surface area contributed by atoms with E-state index in [1.165, 1.54) is 0 Å². The largest absolute Gasteiger partial charge is 0.492 e. The van der Waals surface area contributed by atoms with Crippen molar-refractivity contribution in [3.05, 3.63) is 29.3 Å². The van der Waals surface area contributed by atoms with Crippen molar-refractivity contribution in [2.75, 3.05) is 13.2 Å². The van der Waals surface area contributed by atoms with Crippen LogP contribution in [0.25, 0.3) is 0 Å². The number of ether oxygens (including phenoxy) is 1. The van der Waals surface area contributed by atoms with Gasteiger partial charge in [-0.3, -0.25) is 0 Å². The lowest BCUT2D eigenvalue weighted by Crippen LogP contribution is -2.44. The predicted molar refractivity (Wildman–Crippen MR) is 73.9 cm³/mol. The van der Waals surface area contributed by atoms with E-state index in [9.17, 15) is 0 Å². The number of hydrogen-bond donors (Lipinski definition) is 1. The lowest BCUT2D eigenvalue weighted by Gasteiger charge is -2.31. The molecule has 1 atom stereocenters. The maximum absolute atomic E-state index is 5.92. The molecule has 1 rings (SSSR count). The molecule has 0 spiro atoms. The quantitative estimate of drug-likeness (QED) is 0.865. The Labute approximate surface area is 109 Å². The van der Waals surface area contributed by atoms with Crippen molar-refractivity contribution in [1.82, 2.24) is 5.32 Å². The molecular formula is C14H22ClNO. The van der Waals surface area contributed by atoms with E-state index in [0.29, 0.717) is 17.7 Å². The minimum absolute atomic E-state index is 0.175. The second-order valence-corrected chi connectivity index (χ2v) is 5.68. The van der Waals surface area contributed by atoms with E-state index in [1.54, 1.807) is 0 Å². The summed E-state index contributed by atoms with van der Waals surface area (Å²) < 4.78 is 5.78. The molecule has 0 amide bonds. The van der Waals surface area contributed by atoms with Gasteiger partial charge in [-0.1, -0.05) is 45.4 Å². The fourth-order valence-electron chi connectivity index (χ4n) is 1.60. The maximum Gasteiger partial charge on any atom is 0.120 e. The average Bonchev–Trinajstić information content (AvgIpc) is 2.22. The molecule has 0 fully saturated rings. The summed E-state index contributed by atoms with van der Waals surface area (Å²) >= 11 is 5.92. The molecular weight excluding hydrogens is 234 g/mol. The summed E-state index contributed by atoms with van der Waals surface area (Å²) in [6, 6.07) is 7.84. The highest BCUT2D eigenvalue weighted by Crippen LogP contribution is 2.22. The highest BCUT2D eigenvalue weighted by Gasteiger charge is 2.24. The van der Waals surface area contributed by atoms with Crippen molar-refractivity contribution in [3.63, 3.8) is 0 Å². The number of rotatable bonds is 5. The number of halogens is 1. The second kappa shape index (κ2) is 6.27. The third-order valence-corrected chi connectivity index (χ3v) is 2.94. The van der Waals surface area contributed by atoms with Crippen LogP contribution in [0.5, 0.6) is 5.75 Å². The number of likely N-dealkylation sites (N-methyl/N-ethyl adjacent to an activating group) is 1. The first-order chi connectivity index (χ1) is 7.93. The number of nitrogens with one attached hydrogen (secondary N) is 1. The van der Waals surface area contributed by atoms with Gasteiger partial charge in [0.2, 0.25) is 0 Å². The van der Waals surface area contributed by atoms with E-state index in [4.69, 9.17) is 16.3 Å². The molecule has 0 bridgehead atoms. The van der Waals surface area contributed by atoms with E-state index in [2.05, 4.69) is 33.0 Å². The normalized spacial score (nSPS) is 13.5. The minimum Gasteiger partial charge on any atom is -0.492 e. The standard InChI is InChI=1S/C14H22ClNO/c1-5-16-13(14(2,3)4)10-17-12-8-6-7-11(15)9-12/h6-9,13,16H,5,10H2,1-4H3. The van der Waals surface area contributed by atoms with Gasteiger partial charge in [0.15, 0.2) is 0 Å². The first-order valence-electron chi connectivity index (χ1n) is 6.05. The Morgan fingerprint density at radius 2 is 2.06 bits per heavy atom. The van der Waals surface area contributed by atoms with Crippen LogP contribution in [0.4, 0.5) is 0 Å². The van der Waals surface area contributed by atoms with E-state index in [-0.39, 0.29) is 5.41 Å². The van der Waals surface area contributed by atoms with Gasteiger partial charge in [-0.15, -0.1) is 0 Å². The third-order valence-electron chi connectivity index (χ3n) is 2.71. The molecule has 0 heterocycles. The molecule has 1 unspecified atom stereocenters. The van der Waals surface area contributed by atoms with Crippen LogP contribution in [0.3, 0.4) is 0 Å². The molecule has 0 aliphatic heterocycles. The number of benzene rings is 1. The molecule has 0 saturated heterocycles. The van der Waals surface area contributed by atoms with Gasteiger partial charge in [-0.05, 0) is 30.2 Å². The van der Waals surface area contributed by atoms with Gasteiger partial charge in [0, 0.05) is 11.1 Å². The minimum atomic E-state index is 0.175. The van der Waals surface area contributed by atoms with Gasteiger partial charge in [0.05, 0.1) is 0 Å². The molecule has 0 aromatic heterocycles. The second-order valence-electron chi connectivity index (χ2n) is 5.24. The van der Waals surface area contributed by atoms with Crippen molar-refractivity contribution in [2.24, 2.45) is 5.41 Å². The highest BCUT2D eigenvalue weighted by molar-refractivity contribution is 6.30. The van der Waals surface area contributed by atoms with E-state index >= 15 is 0 Å². The molecule has 1 aromatic carbocycles. The summed E-state index contributed by atoms with van der Waals surface area (Å²) in [7, 11) is 0. The topological polar surface area (TPSA) is 21.3 Å². The van der Waals surface area contributed by atoms with Gasteiger partial charge in [0.25, 0.3) is 0 Å². The van der Waals surface area contributed by atoms with Crippen LogP contribution in [-0.4, -0.2) is 19.2 Å². The average molecular weight is 256 g/mol. The molecule has 1 aromatic rings. The summed E-state index contributed by atoms with van der Waals surface area (Å²) in [4.78, 5) is 0. The summed E-state index contributed by atoms with van der Waals surface area (Å²) in [6.45, 7) is 10.3. The Balaban J connectivity index is 2.58. The SMILES string of the molecule is CCNC(COc1cccc(Cl)c1)C(C)(C)C. The van der Waals surface area contributed by atoms with E-state index in [1.807, 2.05) is 24.3 Å². The molecule has 0 saturated carbocycles. The Morgan fingerprint density at radius 1 is 1.35 bits per heavy atom. The van der Waals surface area contributed by atoms with Gasteiger partial charge >= 0.3 is 0 Å². The molecule has 0 radical (unpaired) electrons. The summed E-state index contributed by atoms with van der Waals surface area (Å²) in [5.74, 6) is 0.824. The summed E-state index contributed by atoms with van der Waals surface area (Å²) in [5.41, 5.74) is 0.175. The Kier molecular flexibility index (Phi) is 5.29. The predicted octanol–water partition coefficient (Wildman–Crippen LogP) is 3.74. The van der Waals surface area contributed by atoms with E-state index in [0.717, 1.165) is 12.3 Å². The first-order valence-corrected chi connectivity index (χ1v) is 6.43. The maximum atomic E-state index is 5.92. The zero-order chi connectivity index (χ0) is 12.9. The van der Waals surface area contributed by atoms with Crippen LogP contribution in [-0.2, 0) is 0 Å². The van der Waals surface area contributed by atoms with Crippen LogP contribution in [0, 0.1) is 5.41 Å².